The van der Waals surface area contributed by atoms with Gasteiger partial charge in [0.25, 0.3) is 5.91 Å². The summed E-state index contributed by atoms with van der Waals surface area (Å²) >= 11 is 0. The molecule has 1 fully saturated rings. The minimum Gasteiger partial charge on any atom is -0.391 e. The van der Waals surface area contributed by atoms with Gasteiger partial charge in [-0.2, -0.15) is 0 Å². The monoisotopic (exact) mass is 593 g/mol. The van der Waals surface area contributed by atoms with Gasteiger partial charge in [-0.3, -0.25) is 24.6 Å². The average molecular weight is 594 g/mol. The number of rotatable bonds is 13. The molecule has 0 aromatic heterocycles. The van der Waals surface area contributed by atoms with Crippen LogP contribution in [0.3, 0.4) is 0 Å². The Bertz CT molecular complexity index is 1240. The summed E-state index contributed by atoms with van der Waals surface area (Å²) in [6, 6.07) is 14.0. The Kier molecular flexibility index (Phi) is 12.3. The zero-order valence-corrected chi connectivity index (χ0v) is 26.0. The van der Waals surface area contributed by atoms with Crippen molar-refractivity contribution in [2.75, 3.05) is 18.4 Å². The topological polar surface area (TPSA) is 140 Å². The van der Waals surface area contributed by atoms with Crippen LogP contribution in [0, 0.1) is 5.41 Å². The maximum absolute atomic E-state index is 13.2. The third-order valence-corrected chi connectivity index (χ3v) is 7.54. The number of hydrazine groups is 1. The number of benzene rings is 2. The molecule has 1 saturated heterocycles. The second-order valence-corrected chi connectivity index (χ2v) is 12.4. The second kappa shape index (κ2) is 15.6. The van der Waals surface area contributed by atoms with E-state index in [1.165, 1.54) is 0 Å². The van der Waals surface area contributed by atoms with Crippen molar-refractivity contribution < 1.29 is 24.3 Å². The fourth-order valence-electron chi connectivity index (χ4n) is 5.05. The summed E-state index contributed by atoms with van der Waals surface area (Å²) < 4.78 is 0. The Morgan fingerprint density at radius 2 is 1.51 bits per heavy atom. The van der Waals surface area contributed by atoms with E-state index in [4.69, 9.17) is 0 Å². The SMILES string of the molecule is CCCNNC(=O)c1ccc(-c2ccc(NC(=O)CCCCC(=O)NC(C(=O)N3C[C@H](O)CC3C)C(C)(C)C)cc2)cc1. The number of carbonyl (C=O) groups excluding carboxylic acids is 4. The van der Waals surface area contributed by atoms with Crippen LogP contribution in [-0.4, -0.2) is 64.9 Å². The van der Waals surface area contributed by atoms with E-state index in [2.05, 4.69) is 21.5 Å². The Morgan fingerprint density at radius 3 is 2.05 bits per heavy atom. The van der Waals surface area contributed by atoms with Crippen LogP contribution in [0.15, 0.2) is 48.5 Å². The number of hydrogen-bond acceptors (Lipinski definition) is 6. The van der Waals surface area contributed by atoms with Crippen LogP contribution in [-0.2, 0) is 14.4 Å². The van der Waals surface area contributed by atoms with Crippen LogP contribution < -0.4 is 21.5 Å². The number of β-amino-alcohol motifs (C(OH)–C–C–N with tert-alkyl or cyclic N) is 1. The highest BCUT2D eigenvalue weighted by molar-refractivity contribution is 5.94. The second-order valence-electron chi connectivity index (χ2n) is 12.4. The minimum atomic E-state index is -0.690. The molecule has 3 atom stereocenters. The van der Waals surface area contributed by atoms with E-state index in [9.17, 15) is 24.3 Å². The molecule has 1 aliphatic rings. The quantitative estimate of drug-likeness (QED) is 0.176. The number of nitrogens with one attached hydrogen (secondary N) is 4. The van der Waals surface area contributed by atoms with E-state index in [-0.39, 0.29) is 49.1 Å². The Labute approximate surface area is 255 Å². The normalized spacial score (nSPS) is 17.3. The summed E-state index contributed by atoms with van der Waals surface area (Å²) in [5, 5.41) is 15.7. The molecular formula is C33H47N5O5. The first-order valence-electron chi connectivity index (χ1n) is 15.2. The van der Waals surface area contributed by atoms with Crippen molar-refractivity contribution >= 4 is 29.3 Å². The molecule has 0 radical (unpaired) electrons. The third-order valence-electron chi connectivity index (χ3n) is 7.54. The van der Waals surface area contributed by atoms with E-state index < -0.39 is 17.6 Å². The Balaban J connectivity index is 1.41. The van der Waals surface area contributed by atoms with Gasteiger partial charge in [-0.1, -0.05) is 52.0 Å². The van der Waals surface area contributed by atoms with Crippen molar-refractivity contribution in [1.82, 2.24) is 21.1 Å². The smallest absolute Gasteiger partial charge is 0.265 e. The van der Waals surface area contributed by atoms with E-state index in [0.717, 1.165) is 17.5 Å². The van der Waals surface area contributed by atoms with Crippen LogP contribution in [0.4, 0.5) is 5.69 Å². The van der Waals surface area contributed by atoms with Crippen molar-refractivity contribution in [1.29, 1.82) is 0 Å². The number of amides is 4. The Morgan fingerprint density at radius 1 is 0.930 bits per heavy atom. The Hall–Kier alpha value is -3.76. The molecule has 5 N–H and O–H groups in total. The predicted molar refractivity (Wildman–Crippen MR) is 168 cm³/mol. The van der Waals surface area contributed by atoms with Crippen molar-refractivity contribution in [3.63, 3.8) is 0 Å². The molecule has 0 bridgehead atoms. The first kappa shape index (κ1) is 33.7. The summed E-state index contributed by atoms with van der Waals surface area (Å²) in [5.74, 6) is -0.713. The number of anilines is 1. The van der Waals surface area contributed by atoms with E-state index in [1.807, 2.05) is 71.0 Å². The molecule has 3 rings (SSSR count). The minimum absolute atomic E-state index is 0.0712. The number of aliphatic hydroxyl groups excluding tert-OH is 1. The standard InChI is InChI=1S/C33H47N5O5/c1-6-19-34-37-31(42)25-13-11-23(12-14-25)24-15-17-26(18-16-24)35-28(40)9-7-8-10-29(41)36-30(33(3,4)5)32(43)38-21-27(39)20-22(38)2/h11-18,22,27,30,34,39H,6-10,19-21H2,1-5H3,(H,35,40)(H,36,41)(H,37,42)/t22?,27-,30?/m1/s1. The fraction of sp³-hybridized carbons (Fsp3) is 0.515. The molecule has 0 spiro atoms. The summed E-state index contributed by atoms with van der Waals surface area (Å²) in [7, 11) is 0. The largest absolute Gasteiger partial charge is 0.391 e. The van der Waals surface area contributed by atoms with Crippen molar-refractivity contribution in [2.45, 2.75) is 91.3 Å². The van der Waals surface area contributed by atoms with Crippen LogP contribution in [0.1, 0.15) is 83.5 Å². The molecule has 10 heteroatoms. The van der Waals surface area contributed by atoms with Gasteiger partial charge in [0.2, 0.25) is 17.7 Å². The highest BCUT2D eigenvalue weighted by atomic mass is 16.3. The number of hydrogen-bond donors (Lipinski definition) is 5. The highest BCUT2D eigenvalue weighted by Crippen LogP contribution is 2.26. The molecule has 0 aliphatic carbocycles. The molecule has 0 saturated carbocycles. The molecule has 4 amide bonds. The summed E-state index contributed by atoms with van der Waals surface area (Å²) in [6.07, 6.45) is 2.47. The predicted octanol–water partition coefficient (Wildman–Crippen LogP) is 4.01. The number of aliphatic hydroxyl groups is 1. The van der Waals surface area contributed by atoms with Gasteiger partial charge in [0.1, 0.15) is 6.04 Å². The van der Waals surface area contributed by atoms with Gasteiger partial charge in [-0.15, -0.1) is 0 Å². The lowest BCUT2D eigenvalue weighted by Crippen LogP contribution is -2.55. The first-order valence-corrected chi connectivity index (χ1v) is 15.2. The summed E-state index contributed by atoms with van der Waals surface area (Å²) in [4.78, 5) is 52.2. The van der Waals surface area contributed by atoms with Gasteiger partial charge in [0.05, 0.1) is 6.10 Å². The van der Waals surface area contributed by atoms with E-state index >= 15 is 0 Å². The third kappa shape index (κ3) is 10.2. The van der Waals surface area contributed by atoms with Crippen LogP contribution >= 0.6 is 0 Å². The molecule has 1 aliphatic heterocycles. The molecule has 43 heavy (non-hydrogen) atoms. The van der Waals surface area contributed by atoms with E-state index in [0.29, 0.717) is 37.1 Å². The van der Waals surface area contributed by atoms with Gasteiger partial charge in [0.15, 0.2) is 0 Å². The molecule has 2 unspecified atom stereocenters. The van der Waals surface area contributed by atoms with Gasteiger partial charge in [-0.05, 0) is 73.4 Å². The van der Waals surface area contributed by atoms with Crippen molar-refractivity contribution in [3.8, 4) is 11.1 Å². The number of carbonyl (C=O) groups is 4. The van der Waals surface area contributed by atoms with Crippen LogP contribution in [0.25, 0.3) is 11.1 Å². The van der Waals surface area contributed by atoms with Crippen LogP contribution in [0.2, 0.25) is 0 Å². The van der Waals surface area contributed by atoms with Gasteiger partial charge in [0, 0.05) is 43.2 Å². The molecule has 2 aromatic rings. The molecular weight excluding hydrogens is 546 g/mol. The molecule has 234 valence electrons. The zero-order chi connectivity index (χ0) is 31.6. The number of nitrogens with zero attached hydrogens (tertiary/aromatic N) is 1. The van der Waals surface area contributed by atoms with Crippen LogP contribution in [0.5, 0.6) is 0 Å². The van der Waals surface area contributed by atoms with Crippen molar-refractivity contribution in [2.24, 2.45) is 5.41 Å². The number of likely N-dealkylation sites (tertiary alicyclic amines) is 1. The average Bonchev–Trinajstić information content (AvgIpc) is 3.31. The first-order chi connectivity index (χ1) is 20.4. The fourth-order valence-corrected chi connectivity index (χ4v) is 5.05. The molecule has 1 heterocycles. The van der Waals surface area contributed by atoms with Gasteiger partial charge >= 0.3 is 0 Å². The molecule has 2 aromatic carbocycles. The maximum Gasteiger partial charge on any atom is 0.265 e. The summed E-state index contributed by atoms with van der Waals surface area (Å²) in [6.45, 7) is 10.6. The lowest BCUT2D eigenvalue weighted by atomic mass is 9.85. The van der Waals surface area contributed by atoms with Crippen molar-refractivity contribution in [3.05, 3.63) is 54.1 Å². The maximum atomic E-state index is 13.2. The lowest BCUT2D eigenvalue weighted by molar-refractivity contribution is -0.140. The highest BCUT2D eigenvalue weighted by Gasteiger charge is 2.40. The summed E-state index contributed by atoms with van der Waals surface area (Å²) in [5.41, 5.74) is 8.22. The number of unbranched alkanes of at least 4 members (excludes halogenated alkanes) is 1. The van der Waals surface area contributed by atoms with E-state index in [1.54, 1.807) is 17.0 Å². The molecule has 10 nitrogen and oxygen atoms in total. The van der Waals surface area contributed by atoms with Gasteiger partial charge in [-0.25, -0.2) is 5.43 Å². The zero-order valence-electron chi connectivity index (χ0n) is 26.0. The van der Waals surface area contributed by atoms with Gasteiger partial charge < -0.3 is 20.6 Å². The lowest BCUT2D eigenvalue weighted by Gasteiger charge is -2.35.